The van der Waals surface area contributed by atoms with Crippen molar-refractivity contribution in [3.05, 3.63) is 34.1 Å². The maximum Gasteiger partial charge on any atom is 0.141 e. The molecule has 4 nitrogen and oxygen atoms in total. The first-order chi connectivity index (χ1) is 10.6. The number of halogens is 1. The number of hydrogen-bond acceptors (Lipinski definition) is 3. The van der Waals surface area contributed by atoms with Crippen molar-refractivity contribution in [3.8, 4) is 17.1 Å². The van der Waals surface area contributed by atoms with Crippen LogP contribution in [0.3, 0.4) is 0 Å². The first kappa shape index (κ1) is 15.6. The van der Waals surface area contributed by atoms with Crippen LogP contribution in [0, 0.1) is 0 Å². The molecule has 0 aliphatic carbocycles. The average Bonchev–Trinajstić information content (AvgIpc) is 2.71. The van der Waals surface area contributed by atoms with Crippen LogP contribution >= 0.6 is 15.9 Å². The van der Waals surface area contributed by atoms with Gasteiger partial charge in [0, 0.05) is 12.0 Å². The third-order valence-electron chi connectivity index (χ3n) is 4.13. The van der Waals surface area contributed by atoms with Gasteiger partial charge in [0.2, 0.25) is 0 Å². The van der Waals surface area contributed by atoms with Gasteiger partial charge in [0.25, 0.3) is 0 Å². The van der Waals surface area contributed by atoms with E-state index in [1.807, 2.05) is 0 Å². The smallest absolute Gasteiger partial charge is 0.141 e. The molecule has 0 saturated heterocycles. The topological polar surface area (TPSA) is 36.3 Å². The maximum atomic E-state index is 5.78. The van der Waals surface area contributed by atoms with E-state index in [-0.39, 0.29) is 6.10 Å². The molecule has 118 valence electrons. The molecule has 1 aliphatic rings. The first-order valence-electron chi connectivity index (χ1n) is 7.67. The molecule has 2 heterocycles. The van der Waals surface area contributed by atoms with E-state index in [1.165, 1.54) is 11.3 Å². The van der Waals surface area contributed by atoms with Gasteiger partial charge in [0.05, 0.1) is 32.1 Å². The highest BCUT2D eigenvalue weighted by Gasteiger charge is 2.22. The highest BCUT2D eigenvalue weighted by Crippen LogP contribution is 2.31. The van der Waals surface area contributed by atoms with Crippen LogP contribution in [0.1, 0.15) is 25.1 Å². The number of fused-ring (bicyclic) bond motifs is 1. The van der Waals surface area contributed by atoms with E-state index in [4.69, 9.17) is 14.5 Å². The number of methoxy groups -OCH3 is 1. The van der Waals surface area contributed by atoms with Crippen molar-refractivity contribution in [2.45, 2.75) is 39.3 Å². The zero-order chi connectivity index (χ0) is 15.7. The molecule has 3 rings (SSSR count). The standard InChI is InChI=1S/C17H21BrN2O2/c1-4-12-5-6-13(9-15(12)21-3)17-19-16(18)14-7-8-22-11(2)10-20(14)17/h5-6,9,11H,4,7-8,10H2,1-3H3/t11-/m1/s1. The van der Waals surface area contributed by atoms with Crippen molar-refractivity contribution < 1.29 is 9.47 Å². The Kier molecular flexibility index (Phi) is 4.54. The second-order valence-corrected chi connectivity index (χ2v) is 6.35. The van der Waals surface area contributed by atoms with Gasteiger partial charge in [-0.2, -0.15) is 0 Å². The summed E-state index contributed by atoms with van der Waals surface area (Å²) in [7, 11) is 1.72. The Hall–Kier alpha value is -1.33. The number of rotatable bonds is 3. The molecule has 1 aromatic carbocycles. The fourth-order valence-electron chi connectivity index (χ4n) is 2.95. The zero-order valence-corrected chi connectivity index (χ0v) is 14.8. The van der Waals surface area contributed by atoms with Crippen LogP contribution in [0.2, 0.25) is 0 Å². The Balaban J connectivity index is 2.09. The van der Waals surface area contributed by atoms with Crippen LogP contribution in [-0.2, 0) is 24.1 Å². The quantitative estimate of drug-likeness (QED) is 0.829. The molecule has 0 unspecified atom stereocenters. The molecule has 1 aromatic heterocycles. The maximum absolute atomic E-state index is 5.78. The Bertz CT molecular complexity index is 682. The van der Waals surface area contributed by atoms with E-state index in [0.717, 1.165) is 47.7 Å². The van der Waals surface area contributed by atoms with Crippen LogP contribution < -0.4 is 4.74 Å². The SMILES string of the molecule is CCc1ccc(-c2nc(Br)c3n2C[C@@H](C)OCC3)cc1OC. The molecule has 0 saturated carbocycles. The fourth-order valence-corrected chi connectivity index (χ4v) is 3.53. The van der Waals surface area contributed by atoms with Crippen LogP contribution in [0.4, 0.5) is 0 Å². The highest BCUT2D eigenvalue weighted by atomic mass is 79.9. The number of nitrogens with zero attached hydrogens (tertiary/aromatic N) is 2. The van der Waals surface area contributed by atoms with E-state index in [2.05, 4.69) is 52.5 Å². The van der Waals surface area contributed by atoms with Gasteiger partial charge in [-0.15, -0.1) is 0 Å². The third-order valence-corrected chi connectivity index (χ3v) is 4.77. The van der Waals surface area contributed by atoms with Gasteiger partial charge >= 0.3 is 0 Å². The summed E-state index contributed by atoms with van der Waals surface area (Å²) in [6, 6.07) is 6.33. The lowest BCUT2D eigenvalue weighted by atomic mass is 10.1. The Morgan fingerprint density at radius 2 is 2.27 bits per heavy atom. The van der Waals surface area contributed by atoms with E-state index in [9.17, 15) is 0 Å². The Morgan fingerprint density at radius 3 is 3.00 bits per heavy atom. The molecular formula is C17H21BrN2O2. The van der Waals surface area contributed by atoms with Crippen molar-refractivity contribution in [1.29, 1.82) is 0 Å². The van der Waals surface area contributed by atoms with Crippen LogP contribution in [0.5, 0.6) is 5.75 Å². The van der Waals surface area contributed by atoms with Crippen molar-refractivity contribution in [3.63, 3.8) is 0 Å². The van der Waals surface area contributed by atoms with Crippen LogP contribution in [0.25, 0.3) is 11.4 Å². The molecule has 1 atom stereocenters. The number of aromatic nitrogens is 2. The molecule has 0 amide bonds. The molecule has 0 radical (unpaired) electrons. The fraction of sp³-hybridized carbons (Fsp3) is 0.471. The molecule has 2 aromatic rings. The molecular weight excluding hydrogens is 344 g/mol. The summed E-state index contributed by atoms with van der Waals surface area (Å²) in [5.74, 6) is 1.89. The Morgan fingerprint density at radius 1 is 1.45 bits per heavy atom. The highest BCUT2D eigenvalue weighted by molar-refractivity contribution is 9.10. The molecule has 22 heavy (non-hydrogen) atoms. The van der Waals surface area contributed by atoms with E-state index >= 15 is 0 Å². The van der Waals surface area contributed by atoms with E-state index < -0.39 is 0 Å². The van der Waals surface area contributed by atoms with Crippen molar-refractivity contribution in [2.75, 3.05) is 13.7 Å². The van der Waals surface area contributed by atoms with E-state index in [1.54, 1.807) is 7.11 Å². The number of imidazole rings is 1. The average molecular weight is 365 g/mol. The van der Waals surface area contributed by atoms with Crippen molar-refractivity contribution in [2.24, 2.45) is 0 Å². The lowest BCUT2D eigenvalue weighted by molar-refractivity contribution is 0.0666. The summed E-state index contributed by atoms with van der Waals surface area (Å²) in [5, 5.41) is 0. The molecule has 5 heteroatoms. The zero-order valence-electron chi connectivity index (χ0n) is 13.2. The first-order valence-corrected chi connectivity index (χ1v) is 8.47. The number of ether oxygens (including phenoxy) is 2. The number of aryl methyl sites for hydroxylation is 1. The third kappa shape index (κ3) is 2.79. The largest absolute Gasteiger partial charge is 0.496 e. The summed E-state index contributed by atoms with van der Waals surface area (Å²) in [5.41, 5.74) is 3.50. The van der Waals surface area contributed by atoms with Gasteiger partial charge in [-0.25, -0.2) is 4.98 Å². The van der Waals surface area contributed by atoms with Gasteiger partial charge in [-0.1, -0.05) is 19.1 Å². The predicted molar refractivity (Wildman–Crippen MR) is 90.4 cm³/mol. The Labute approximate surface area is 139 Å². The van der Waals surface area contributed by atoms with Crippen molar-refractivity contribution in [1.82, 2.24) is 9.55 Å². The van der Waals surface area contributed by atoms with Crippen LogP contribution in [-0.4, -0.2) is 29.4 Å². The summed E-state index contributed by atoms with van der Waals surface area (Å²) >= 11 is 3.60. The number of hydrogen-bond donors (Lipinski definition) is 0. The van der Waals surface area contributed by atoms with Crippen LogP contribution in [0.15, 0.2) is 22.8 Å². The summed E-state index contributed by atoms with van der Waals surface area (Å²) in [6.45, 7) is 5.80. The minimum atomic E-state index is 0.193. The molecule has 0 fully saturated rings. The minimum Gasteiger partial charge on any atom is -0.496 e. The van der Waals surface area contributed by atoms with E-state index in [0.29, 0.717) is 0 Å². The molecule has 0 N–H and O–H groups in total. The molecule has 1 aliphatic heterocycles. The second kappa shape index (κ2) is 6.42. The van der Waals surface area contributed by atoms with Gasteiger partial charge < -0.3 is 14.0 Å². The second-order valence-electron chi connectivity index (χ2n) is 5.60. The van der Waals surface area contributed by atoms with Crippen molar-refractivity contribution >= 4 is 15.9 Å². The van der Waals surface area contributed by atoms with Gasteiger partial charge in [-0.05, 0) is 40.9 Å². The lowest BCUT2D eigenvalue weighted by Crippen LogP contribution is -2.15. The minimum absolute atomic E-state index is 0.193. The number of benzene rings is 1. The summed E-state index contributed by atoms with van der Waals surface area (Å²) < 4.78 is 14.5. The normalized spacial score (nSPS) is 17.9. The lowest BCUT2D eigenvalue weighted by Gasteiger charge is -2.14. The predicted octanol–water partition coefficient (Wildman–Crippen LogP) is 3.84. The molecule has 0 bridgehead atoms. The van der Waals surface area contributed by atoms with Gasteiger partial charge in [0.15, 0.2) is 0 Å². The van der Waals surface area contributed by atoms with Gasteiger partial charge in [0.1, 0.15) is 16.2 Å². The summed E-state index contributed by atoms with van der Waals surface area (Å²) in [6.07, 6.45) is 2.03. The molecule has 0 spiro atoms. The summed E-state index contributed by atoms with van der Waals surface area (Å²) in [4.78, 5) is 4.74. The monoisotopic (exact) mass is 364 g/mol. The van der Waals surface area contributed by atoms with Gasteiger partial charge in [-0.3, -0.25) is 0 Å².